The summed E-state index contributed by atoms with van der Waals surface area (Å²) in [4.78, 5) is 37.7. The van der Waals surface area contributed by atoms with Gasteiger partial charge in [-0.2, -0.15) is 0 Å². The molecule has 2 aromatic carbocycles. The molecule has 0 fully saturated rings. The van der Waals surface area contributed by atoms with Gasteiger partial charge in [0.25, 0.3) is 11.6 Å². The molecule has 0 spiro atoms. The number of ether oxygens (including phenoxy) is 1. The van der Waals surface area contributed by atoms with Crippen molar-refractivity contribution in [3.8, 4) is 0 Å². The molecular formula is C21H23N3O5. The van der Waals surface area contributed by atoms with E-state index in [1.165, 1.54) is 29.2 Å². The molecule has 0 atom stereocenters. The van der Waals surface area contributed by atoms with E-state index < -0.39 is 10.9 Å². The van der Waals surface area contributed by atoms with Crippen LogP contribution in [-0.4, -0.2) is 49.4 Å². The summed E-state index contributed by atoms with van der Waals surface area (Å²) in [7, 11) is 5.54. The number of esters is 1. The summed E-state index contributed by atoms with van der Waals surface area (Å²) in [6.45, 7) is 0.0119. The zero-order chi connectivity index (χ0) is 21.4. The van der Waals surface area contributed by atoms with Gasteiger partial charge in [0, 0.05) is 51.6 Å². The van der Waals surface area contributed by atoms with E-state index in [0.29, 0.717) is 12.1 Å². The first-order valence-electron chi connectivity index (χ1n) is 8.86. The molecule has 0 N–H and O–H groups in total. The molecule has 0 aliphatic carbocycles. The highest BCUT2D eigenvalue weighted by Crippen LogP contribution is 2.15. The summed E-state index contributed by atoms with van der Waals surface area (Å²) in [5.41, 5.74) is 2.44. The summed E-state index contributed by atoms with van der Waals surface area (Å²) >= 11 is 0. The maximum absolute atomic E-state index is 12.2. The molecule has 0 bridgehead atoms. The van der Waals surface area contributed by atoms with Gasteiger partial charge < -0.3 is 14.5 Å². The number of anilines is 1. The van der Waals surface area contributed by atoms with Gasteiger partial charge >= 0.3 is 5.97 Å². The Balaban J connectivity index is 1.83. The Morgan fingerprint density at radius 3 is 2.41 bits per heavy atom. The molecule has 0 aromatic heterocycles. The maximum atomic E-state index is 12.2. The molecule has 0 unspecified atom stereocenters. The van der Waals surface area contributed by atoms with Crippen molar-refractivity contribution in [3.05, 3.63) is 75.8 Å². The zero-order valence-electron chi connectivity index (χ0n) is 16.6. The molecule has 0 saturated carbocycles. The summed E-state index contributed by atoms with van der Waals surface area (Å²) in [5.74, 6) is -1.03. The molecule has 0 saturated heterocycles. The number of hydrogen-bond donors (Lipinski definition) is 0. The lowest BCUT2D eigenvalue weighted by Gasteiger charge is -2.18. The van der Waals surface area contributed by atoms with Gasteiger partial charge in [-0.15, -0.1) is 0 Å². The Morgan fingerprint density at radius 1 is 1.10 bits per heavy atom. The third-order valence-electron chi connectivity index (χ3n) is 4.13. The van der Waals surface area contributed by atoms with Gasteiger partial charge in [-0.25, -0.2) is 4.79 Å². The Kier molecular flexibility index (Phi) is 7.47. The van der Waals surface area contributed by atoms with E-state index in [-0.39, 0.29) is 18.2 Å². The molecule has 8 nitrogen and oxygen atoms in total. The number of hydrogen-bond acceptors (Lipinski definition) is 6. The Hall–Kier alpha value is -3.68. The summed E-state index contributed by atoms with van der Waals surface area (Å²) in [6, 6.07) is 13.6. The maximum Gasteiger partial charge on any atom is 0.331 e. The molecule has 152 valence electrons. The number of non-ortho nitro benzene ring substituents is 1. The van der Waals surface area contributed by atoms with Crippen LogP contribution in [0.25, 0.3) is 6.08 Å². The summed E-state index contributed by atoms with van der Waals surface area (Å²) < 4.78 is 4.96. The van der Waals surface area contributed by atoms with Crippen molar-refractivity contribution in [3.63, 3.8) is 0 Å². The number of nitro groups is 1. The van der Waals surface area contributed by atoms with Crippen molar-refractivity contribution in [2.45, 2.75) is 6.54 Å². The number of nitrogens with zero attached hydrogens (tertiary/aromatic N) is 3. The molecule has 8 heteroatoms. The highest BCUT2D eigenvalue weighted by molar-refractivity contribution is 5.89. The standard InChI is InChI=1S/C21H23N3O5/c1-22(2)18-10-7-17(8-11-18)14-23(3)20(25)15-29-21(26)12-9-16-5-4-6-19(13-16)24(27)28/h4-13H,14-15H2,1-3H3/b12-9+. The third-order valence-corrected chi connectivity index (χ3v) is 4.13. The van der Waals surface area contributed by atoms with Crippen LogP contribution in [0.5, 0.6) is 0 Å². The van der Waals surface area contributed by atoms with Crippen LogP contribution in [0.2, 0.25) is 0 Å². The van der Waals surface area contributed by atoms with Crippen molar-refractivity contribution in [1.29, 1.82) is 0 Å². The number of rotatable bonds is 8. The summed E-state index contributed by atoms with van der Waals surface area (Å²) in [6.07, 6.45) is 2.53. The van der Waals surface area contributed by atoms with E-state index in [9.17, 15) is 19.7 Å². The molecule has 1 amide bonds. The van der Waals surface area contributed by atoms with Crippen LogP contribution in [0, 0.1) is 10.1 Å². The number of benzene rings is 2. The minimum Gasteiger partial charge on any atom is -0.452 e. The first-order valence-corrected chi connectivity index (χ1v) is 8.86. The van der Waals surface area contributed by atoms with E-state index >= 15 is 0 Å². The van der Waals surface area contributed by atoms with E-state index in [1.807, 2.05) is 43.3 Å². The number of carbonyl (C=O) groups is 2. The zero-order valence-corrected chi connectivity index (χ0v) is 16.6. The van der Waals surface area contributed by atoms with Crippen molar-refractivity contribution < 1.29 is 19.2 Å². The molecule has 2 rings (SSSR count). The molecule has 0 aliphatic rings. The third kappa shape index (κ3) is 6.76. The largest absolute Gasteiger partial charge is 0.452 e. The number of likely N-dealkylation sites (N-methyl/N-ethyl adjacent to an activating group) is 1. The SMILES string of the molecule is CN(Cc1ccc(N(C)C)cc1)C(=O)COC(=O)/C=C/c1cccc([N+](=O)[O-])c1. The van der Waals surface area contributed by atoms with Crippen molar-refractivity contribution >= 4 is 29.3 Å². The molecule has 2 aromatic rings. The van der Waals surface area contributed by atoms with Crippen molar-refractivity contribution in [2.24, 2.45) is 0 Å². The highest BCUT2D eigenvalue weighted by Gasteiger charge is 2.12. The van der Waals surface area contributed by atoms with Gasteiger partial charge in [-0.05, 0) is 29.3 Å². The smallest absolute Gasteiger partial charge is 0.331 e. The van der Waals surface area contributed by atoms with Gasteiger partial charge in [0.15, 0.2) is 6.61 Å². The van der Waals surface area contributed by atoms with Gasteiger partial charge in [0.2, 0.25) is 0 Å². The second-order valence-corrected chi connectivity index (χ2v) is 6.60. The number of carbonyl (C=O) groups excluding carboxylic acids is 2. The fourth-order valence-corrected chi connectivity index (χ4v) is 2.46. The molecule has 0 aliphatic heterocycles. The van der Waals surface area contributed by atoms with Crippen molar-refractivity contribution in [1.82, 2.24) is 4.90 Å². The van der Waals surface area contributed by atoms with Crippen LogP contribution in [-0.2, 0) is 20.9 Å². The van der Waals surface area contributed by atoms with Crippen LogP contribution in [0.1, 0.15) is 11.1 Å². The monoisotopic (exact) mass is 397 g/mol. The lowest BCUT2D eigenvalue weighted by molar-refractivity contribution is -0.384. The highest BCUT2D eigenvalue weighted by atomic mass is 16.6. The first-order chi connectivity index (χ1) is 13.8. The molecule has 0 heterocycles. The number of amides is 1. The molecule has 29 heavy (non-hydrogen) atoms. The minimum atomic E-state index is -0.700. The van der Waals surface area contributed by atoms with Crippen LogP contribution < -0.4 is 4.90 Å². The normalized spacial score (nSPS) is 10.6. The van der Waals surface area contributed by atoms with Crippen LogP contribution in [0.4, 0.5) is 11.4 Å². The number of nitro benzene ring substituents is 1. The Bertz CT molecular complexity index is 907. The molecular weight excluding hydrogens is 374 g/mol. The van der Waals surface area contributed by atoms with E-state index in [0.717, 1.165) is 17.3 Å². The molecule has 0 radical (unpaired) electrons. The van der Waals surface area contributed by atoms with Crippen LogP contribution in [0.3, 0.4) is 0 Å². The van der Waals surface area contributed by atoms with Gasteiger partial charge in [0.1, 0.15) is 0 Å². The Labute approximate surface area is 169 Å². The van der Waals surface area contributed by atoms with Gasteiger partial charge in [-0.1, -0.05) is 24.3 Å². The Morgan fingerprint density at radius 2 is 1.79 bits per heavy atom. The van der Waals surface area contributed by atoms with E-state index in [4.69, 9.17) is 4.74 Å². The predicted octanol–water partition coefficient (Wildman–Crippen LogP) is 2.88. The van der Waals surface area contributed by atoms with Crippen LogP contribution in [0.15, 0.2) is 54.6 Å². The lowest BCUT2D eigenvalue weighted by Crippen LogP contribution is -2.30. The second kappa shape index (κ2) is 10.0. The van der Waals surface area contributed by atoms with Gasteiger partial charge in [-0.3, -0.25) is 14.9 Å². The fourth-order valence-electron chi connectivity index (χ4n) is 2.46. The summed E-state index contributed by atoms with van der Waals surface area (Å²) in [5, 5.41) is 10.8. The fraction of sp³-hybridized carbons (Fsp3) is 0.238. The quantitative estimate of drug-likeness (QED) is 0.294. The lowest BCUT2D eigenvalue weighted by atomic mass is 10.2. The van der Waals surface area contributed by atoms with Crippen molar-refractivity contribution in [2.75, 3.05) is 32.6 Å². The minimum absolute atomic E-state index is 0.0732. The predicted molar refractivity (Wildman–Crippen MR) is 110 cm³/mol. The topological polar surface area (TPSA) is 93.0 Å². The van der Waals surface area contributed by atoms with E-state index in [1.54, 1.807) is 13.1 Å². The average molecular weight is 397 g/mol. The van der Waals surface area contributed by atoms with Crippen LogP contribution >= 0.6 is 0 Å². The first kappa shape index (κ1) is 21.6. The van der Waals surface area contributed by atoms with Gasteiger partial charge in [0.05, 0.1) is 4.92 Å². The average Bonchev–Trinajstić information content (AvgIpc) is 2.70. The van der Waals surface area contributed by atoms with E-state index in [2.05, 4.69) is 0 Å². The second-order valence-electron chi connectivity index (χ2n) is 6.60.